The zero-order valence-electron chi connectivity index (χ0n) is 11.2. The second-order valence-corrected chi connectivity index (χ2v) is 6.65. The van der Waals surface area contributed by atoms with Crippen LogP contribution in [0.4, 0.5) is 0 Å². The molecule has 2 N–H and O–H groups in total. The van der Waals surface area contributed by atoms with Crippen LogP contribution in [0, 0.1) is 0 Å². The Balaban J connectivity index is 3.16. The Kier molecular flexibility index (Phi) is 6.00. The van der Waals surface area contributed by atoms with Gasteiger partial charge in [0.05, 0.1) is 13.2 Å². The minimum atomic E-state index is -3.64. The van der Waals surface area contributed by atoms with Crippen LogP contribution < -0.4 is 5.73 Å². The summed E-state index contributed by atoms with van der Waals surface area (Å²) in [5, 5.41) is 0. The SMILES string of the molecule is CCN(C(C)COC)S(=O)(=O)c1cc(CN)oc1Br. The molecule has 1 heterocycles. The predicted octanol–water partition coefficient (Wildman–Crippen LogP) is 1.55. The van der Waals surface area contributed by atoms with Gasteiger partial charge in [0.15, 0.2) is 4.67 Å². The lowest BCUT2D eigenvalue weighted by atomic mass is 10.4. The summed E-state index contributed by atoms with van der Waals surface area (Å²) >= 11 is 3.12. The number of hydrogen-bond acceptors (Lipinski definition) is 5. The molecule has 0 amide bonds. The number of likely N-dealkylation sites (N-methyl/N-ethyl adjacent to an activating group) is 1. The van der Waals surface area contributed by atoms with Crippen molar-refractivity contribution in [2.24, 2.45) is 5.73 Å². The molecule has 0 fully saturated rings. The molecule has 110 valence electrons. The zero-order chi connectivity index (χ0) is 14.6. The average molecular weight is 355 g/mol. The van der Waals surface area contributed by atoms with Gasteiger partial charge < -0.3 is 14.9 Å². The van der Waals surface area contributed by atoms with Crippen LogP contribution in [0.25, 0.3) is 0 Å². The van der Waals surface area contributed by atoms with Gasteiger partial charge in [0.25, 0.3) is 0 Å². The summed E-state index contributed by atoms with van der Waals surface area (Å²) in [5.74, 6) is 0.417. The molecule has 1 aromatic heterocycles. The highest BCUT2D eigenvalue weighted by atomic mass is 79.9. The number of ether oxygens (including phenoxy) is 1. The minimum absolute atomic E-state index is 0.0951. The molecular formula is C11H19BrN2O4S. The molecule has 1 aromatic rings. The van der Waals surface area contributed by atoms with E-state index in [0.29, 0.717) is 18.9 Å². The van der Waals surface area contributed by atoms with Crippen LogP contribution in [0.2, 0.25) is 0 Å². The van der Waals surface area contributed by atoms with Crippen molar-refractivity contribution in [3.63, 3.8) is 0 Å². The van der Waals surface area contributed by atoms with Crippen molar-refractivity contribution in [3.8, 4) is 0 Å². The average Bonchev–Trinajstić information content (AvgIpc) is 2.72. The second kappa shape index (κ2) is 6.85. The van der Waals surface area contributed by atoms with Crippen molar-refractivity contribution in [2.45, 2.75) is 31.3 Å². The topological polar surface area (TPSA) is 85.8 Å². The Labute approximate surface area is 122 Å². The summed E-state index contributed by atoms with van der Waals surface area (Å²) in [6.45, 7) is 4.40. The van der Waals surface area contributed by atoms with Crippen LogP contribution in [-0.4, -0.2) is 39.0 Å². The van der Waals surface area contributed by atoms with E-state index >= 15 is 0 Å². The lowest BCUT2D eigenvalue weighted by molar-refractivity contribution is 0.142. The summed E-state index contributed by atoms with van der Waals surface area (Å²) in [6, 6.07) is 1.19. The smallest absolute Gasteiger partial charge is 0.247 e. The van der Waals surface area contributed by atoms with Gasteiger partial charge in [-0.3, -0.25) is 0 Å². The fraction of sp³-hybridized carbons (Fsp3) is 0.636. The van der Waals surface area contributed by atoms with Crippen LogP contribution in [0.3, 0.4) is 0 Å². The zero-order valence-corrected chi connectivity index (χ0v) is 13.6. The highest BCUT2D eigenvalue weighted by Gasteiger charge is 2.31. The molecule has 6 nitrogen and oxygen atoms in total. The maximum absolute atomic E-state index is 12.6. The van der Waals surface area contributed by atoms with Crippen molar-refractivity contribution in [2.75, 3.05) is 20.3 Å². The van der Waals surface area contributed by atoms with E-state index in [1.807, 2.05) is 0 Å². The molecular weight excluding hydrogens is 336 g/mol. The van der Waals surface area contributed by atoms with E-state index < -0.39 is 10.0 Å². The summed E-state index contributed by atoms with van der Waals surface area (Å²) in [6.07, 6.45) is 0. The van der Waals surface area contributed by atoms with Crippen molar-refractivity contribution < 1.29 is 17.6 Å². The number of nitrogens with zero attached hydrogens (tertiary/aromatic N) is 1. The summed E-state index contributed by atoms with van der Waals surface area (Å²) < 4.78 is 36.9. The molecule has 1 unspecified atom stereocenters. The van der Waals surface area contributed by atoms with E-state index in [0.717, 1.165) is 0 Å². The molecule has 1 rings (SSSR count). The van der Waals surface area contributed by atoms with Crippen LogP contribution >= 0.6 is 15.9 Å². The van der Waals surface area contributed by atoms with Crippen LogP contribution in [0.1, 0.15) is 19.6 Å². The van der Waals surface area contributed by atoms with Gasteiger partial charge in [0.1, 0.15) is 10.7 Å². The largest absolute Gasteiger partial charge is 0.452 e. The Bertz CT molecular complexity index is 515. The Morgan fingerprint density at radius 3 is 2.63 bits per heavy atom. The fourth-order valence-electron chi connectivity index (χ4n) is 1.84. The molecule has 0 aliphatic carbocycles. The van der Waals surface area contributed by atoms with Gasteiger partial charge in [-0.05, 0) is 22.9 Å². The molecule has 0 bridgehead atoms. The minimum Gasteiger partial charge on any atom is -0.452 e. The first kappa shape index (κ1) is 16.6. The van der Waals surface area contributed by atoms with Gasteiger partial charge in [-0.2, -0.15) is 4.31 Å². The number of nitrogens with two attached hydrogens (primary N) is 1. The molecule has 1 atom stereocenters. The third-order valence-corrected chi connectivity index (χ3v) is 5.65. The summed E-state index contributed by atoms with van der Waals surface area (Å²) in [5.41, 5.74) is 5.45. The van der Waals surface area contributed by atoms with Gasteiger partial charge in [-0.1, -0.05) is 6.92 Å². The Hall–Kier alpha value is -0.410. The molecule has 19 heavy (non-hydrogen) atoms. The van der Waals surface area contributed by atoms with E-state index in [9.17, 15) is 8.42 Å². The number of rotatable bonds is 7. The van der Waals surface area contributed by atoms with E-state index in [1.54, 1.807) is 13.8 Å². The van der Waals surface area contributed by atoms with E-state index in [2.05, 4.69) is 15.9 Å². The highest BCUT2D eigenvalue weighted by molar-refractivity contribution is 9.10. The number of halogens is 1. The monoisotopic (exact) mass is 354 g/mol. The van der Waals surface area contributed by atoms with Crippen LogP contribution in [0.5, 0.6) is 0 Å². The second-order valence-electron chi connectivity index (χ2n) is 4.07. The van der Waals surface area contributed by atoms with Gasteiger partial charge in [0, 0.05) is 25.8 Å². The Morgan fingerprint density at radius 1 is 1.58 bits per heavy atom. The lowest BCUT2D eigenvalue weighted by Crippen LogP contribution is -2.40. The fourth-order valence-corrected chi connectivity index (χ4v) is 4.43. The predicted molar refractivity (Wildman–Crippen MR) is 75.2 cm³/mol. The van der Waals surface area contributed by atoms with Gasteiger partial charge in [-0.15, -0.1) is 0 Å². The molecule has 8 heteroatoms. The number of furan rings is 1. The van der Waals surface area contributed by atoms with E-state index in [-0.39, 0.29) is 22.2 Å². The normalized spacial score (nSPS) is 14.0. The van der Waals surface area contributed by atoms with Crippen molar-refractivity contribution in [1.82, 2.24) is 4.31 Å². The number of methoxy groups -OCH3 is 1. The molecule has 0 spiro atoms. The van der Waals surface area contributed by atoms with Gasteiger partial charge in [0.2, 0.25) is 10.0 Å². The van der Waals surface area contributed by atoms with E-state index in [4.69, 9.17) is 14.9 Å². The van der Waals surface area contributed by atoms with Crippen molar-refractivity contribution >= 4 is 26.0 Å². The summed E-state index contributed by atoms with van der Waals surface area (Å²) in [4.78, 5) is 0.0951. The lowest BCUT2D eigenvalue weighted by Gasteiger charge is -2.26. The van der Waals surface area contributed by atoms with Gasteiger partial charge in [-0.25, -0.2) is 8.42 Å². The first-order valence-corrected chi connectivity index (χ1v) is 8.10. The molecule has 0 saturated carbocycles. The first-order valence-electron chi connectivity index (χ1n) is 5.87. The highest BCUT2D eigenvalue weighted by Crippen LogP contribution is 2.29. The molecule has 0 aromatic carbocycles. The van der Waals surface area contributed by atoms with E-state index in [1.165, 1.54) is 17.5 Å². The van der Waals surface area contributed by atoms with Crippen molar-refractivity contribution in [1.29, 1.82) is 0 Å². The number of hydrogen-bond donors (Lipinski definition) is 1. The van der Waals surface area contributed by atoms with Gasteiger partial charge >= 0.3 is 0 Å². The third kappa shape index (κ3) is 3.57. The maximum atomic E-state index is 12.6. The molecule has 0 aliphatic heterocycles. The van der Waals surface area contributed by atoms with Crippen molar-refractivity contribution in [3.05, 3.63) is 16.5 Å². The molecule has 0 saturated heterocycles. The Morgan fingerprint density at radius 2 is 2.21 bits per heavy atom. The maximum Gasteiger partial charge on any atom is 0.247 e. The third-order valence-electron chi connectivity index (χ3n) is 2.71. The quantitative estimate of drug-likeness (QED) is 0.802. The standard InChI is InChI=1S/C11H19BrN2O4S/c1-4-14(8(2)7-17-3)19(15,16)10-5-9(6-13)18-11(10)12/h5,8H,4,6-7,13H2,1-3H3. The van der Waals surface area contributed by atoms with Crippen LogP contribution in [0.15, 0.2) is 20.0 Å². The van der Waals surface area contributed by atoms with Crippen LogP contribution in [-0.2, 0) is 21.3 Å². The summed E-state index contributed by atoms with van der Waals surface area (Å²) in [7, 11) is -2.10. The first-order chi connectivity index (χ1) is 8.88. The molecule has 0 aliphatic rings. The number of sulfonamides is 1. The molecule has 0 radical (unpaired) electrons.